The van der Waals surface area contributed by atoms with Gasteiger partial charge in [0, 0.05) is 26.2 Å². The van der Waals surface area contributed by atoms with Gasteiger partial charge in [0.2, 0.25) is 0 Å². The Morgan fingerprint density at radius 3 is 2.48 bits per heavy atom. The first kappa shape index (κ1) is 16.9. The van der Waals surface area contributed by atoms with E-state index in [1.165, 1.54) is 5.56 Å². The Morgan fingerprint density at radius 2 is 1.78 bits per heavy atom. The van der Waals surface area contributed by atoms with Crippen LogP contribution in [-0.2, 0) is 23.2 Å². The van der Waals surface area contributed by atoms with Crippen molar-refractivity contribution in [2.45, 2.75) is 32.7 Å². The quantitative estimate of drug-likeness (QED) is 0.888. The molecule has 128 valence electrons. The fourth-order valence-electron chi connectivity index (χ4n) is 3.52. The molecule has 3 rings (SSSR count). The lowest BCUT2D eigenvalue weighted by molar-refractivity contribution is 0.246. The van der Waals surface area contributed by atoms with Crippen molar-refractivity contribution in [2.24, 2.45) is 5.92 Å². The average molecular weight is 337 g/mol. The highest BCUT2D eigenvalue weighted by Gasteiger charge is 2.34. The predicted octanol–water partition coefficient (Wildman–Crippen LogP) is 1.61. The Balaban J connectivity index is 1.62. The average Bonchev–Trinajstić information content (AvgIpc) is 2.60. The molecule has 2 aliphatic rings. The molecule has 0 aromatic heterocycles. The fourth-order valence-corrected chi connectivity index (χ4v) is 5.15. The van der Waals surface area contributed by atoms with Crippen molar-refractivity contribution < 1.29 is 8.42 Å². The lowest BCUT2D eigenvalue weighted by Gasteiger charge is -2.36. The second-order valence-electron chi connectivity index (χ2n) is 6.51. The molecule has 0 aliphatic carbocycles. The van der Waals surface area contributed by atoms with Crippen molar-refractivity contribution in [1.29, 1.82) is 0 Å². The number of benzene rings is 1. The standard InChI is InChI=1S/C17H27N3O2S/c1-2-18-13-15-7-10-19(11-8-15)23(21,22)20-12-9-16-5-3-4-6-17(16)14-20/h3-6,15,18H,2,7-14H2,1H3. The van der Waals surface area contributed by atoms with Gasteiger partial charge in [0.1, 0.15) is 0 Å². The molecular formula is C17H27N3O2S. The number of hydrogen-bond donors (Lipinski definition) is 1. The van der Waals surface area contributed by atoms with Crippen molar-refractivity contribution in [2.75, 3.05) is 32.7 Å². The van der Waals surface area contributed by atoms with Crippen molar-refractivity contribution in [3.05, 3.63) is 35.4 Å². The lowest BCUT2D eigenvalue weighted by atomic mass is 9.98. The minimum atomic E-state index is -3.33. The number of nitrogens with one attached hydrogen (secondary N) is 1. The normalized spacial score (nSPS) is 21.3. The summed E-state index contributed by atoms with van der Waals surface area (Å²) in [6.45, 7) is 6.49. The zero-order valence-corrected chi connectivity index (χ0v) is 14.7. The van der Waals surface area contributed by atoms with Crippen molar-refractivity contribution in [1.82, 2.24) is 13.9 Å². The summed E-state index contributed by atoms with van der Waals surface area (Å²) in [5.74, 6) is 0.600. The Hall–Kier alpha value is -0.950. The third-order valence-electron chi connectivity index (χ3n) is 5.00. The van der Waals surface area contributed by atoms with Gasteiger partial charge in [0.15, 0.2) is 0 Å². The molecule has 0 amide bonds. The second-order valence-corrected chi connectivity index (χ2v) is 8.44. The van der Waals surface area contributed by atoms with E-state index in [9.17, 15) is 8.42 Å². The van der Waals surface area contributed by atoms with Crippen molar-refractivity contribution in [3.63, 3.8) is 0 Å². The van der Waals surface area contributed by atoms with Crippen LogP contribution in [0.4, 0.5) is 0 Å². The van der Waals surface area contributed by atoms with Gasteiger partial charge in [-0.1, -0.05) is 31.2 Å². The first-order chi connectivity index (χ1) is 11.1. The summed E-state index contributed by atoms with van der Waals surface area (Å²) in [5, 5.41) is 3.37. The van der Waals surface area contributed by atoms with Crippen LogP contribution in [-0.4, -0.2) is 49.8 Å². The molecule has 5 nitrogen and oxygen atoms in total. The van der Waals surface area contributed by atoms with E-state index in [0.29, 0.717) is 32.1 Å². The van der Waals surface area contributed by atoms with Gasteiger partial charge in [-0.3, -0.25) is 0 Å². The maximum atomic E-state index is 12.9. The Labute approximate surface area is 139 Å². The van der Waals surface area contributed by atoms with E-state index >= 15 is 0 Å². The van der Waals surface area contributed by atoms with Crippen LogP contribution in [0.2, 0.25) is 0 Å². The number of rotatable bonds is 5. The third-order valence-corrected chi connectivity index (χ3v) is 6.99. The Kier molecular flexibility index (Phi) is 5.36. The van der Waals surface area contributed by atoms with E-state index in [4.69, 9.17) is 0 Å². The summed E-state index contributed by atoms with van der Waals surface area (Å²) < 4.78 is 29.2. The molecule has 0 spiro atoms. The van der Waals surface area contributed by atoms with Gasteiger partial charge in [-0.05, 0) is 49.4 Å². The molecule has 23 heavy (non-hydrogen) atoms. The van der Waals surface area contributed by atoms with Crippen LogP contribution in [0.1, 0.15) is 30.9 Å². The second kappa shape index (κ2) is 7.30. The fraction of sp³-hybridized carbons (Fsp3) is 0.647. The van der Waals surface area contributed by atoms with E-state index in [2.05, 4.69) is 18.3 Å². The zero-order valence-electron chi connectivity index (χ0n) is 13.9. The van der Waals surface area contributed by atoms with E-state index in [1.54, 1.807) is 8.61 Å². The zero-order chi connectivity index (χ0) is 16.3. The molecule has 0 atom stereocenters. The number of nitrogens with zero attached hydrogens (tertiary/aromatic N) is 2. The number of fused-ring (bicyclic) bond motifs is 1. The molecule has 0 saturated carbocycles. The molecule has 1 N–H and O–H groups in total. The molecule has 0 radical (unpaired) electrons. The molecule has 0 bridgehead atoms. The predicted molar refractivity (Wildman–Crippen MR) is 92.3 cm³/mol. The van der Waals surface area contributed by atoms with Crippen LogP contribution in [0, 0.1) is 5.92 Å². The van der Waals surface area contributed by atoms with Crippen molar-refractivity contribution in [3.8, 4) is 0 Å². The highest BCUT2D eigenvalue weighted by molar-refractivity contribution is 7.86. The van der Waals surface area contributed by atoms with E-state index in [0.717, 1.165) is 37.9 Å². The molecule has 2 heterocycles. The maximum Gasteiger partial charge on any atom is 0.282 e. The number of hydrogen-bond acceptors (Lipinski definition) is 3. The smallest absolute Gasteiger partial charge is 0.282 e. The third kappa shape index (κ3) is 3.76. The molecule has 0 unspecified atom stereocenters. The van der Waals surface area contributed by atoms with Gasteiger partial charge >= 0.3 is 0 Å². The highest BCUT2D eigenvalue weighted by atomic mass is 32.2. The van der Waals surface area contributed by atoms with Crippen LogP contribution in [0.25, 0.3) is 0 Å². The lowest BCUT2D eigenvalue weighted by Crippen LogP contribution is -2.49. The molecule has 1 fully saturated rings. The van der Waals surface area contributed by atoms with Crippen LogP contribution < -0.4 is 5.32 Å². The van der Waals surface area contributed by atoms with Gasteiger partial charge in [-0.25, -0.2) is 0 Å². The topological polar surface area (TPSA) is 52.7 Å². The Morgan fingerprint density at radius 1 is 1.09 bits per heavy atom. The van der Waals surface area contributed by atoms with Crippen LogP contribution in [0.5, 0.6) is 0 Å². The van der Waals surface area contributed by atoms with Crippen molar-refractivity contribution >= 4 is 10.2 Å². The minimum Gasteiger partial charge on any atom is -0.317 e. The monoisotopic (exact) mass is 337 g/mol. The Bertz CT molecular complexity index is 624. The first-order valence-corrected chi connectivity index (χ1v) is 10.0. The summed E-state index contributed by atoms with van der Waals surface area (Å²) in [4.78, 5) is 0. The maximum absolute atomic E-state index is 12.9. The summed E-state index contributed by atoms with van der Waals surface area (Å²) >= 11 is 0. The van der Waals surface area contributed by atoms with Gasteiger partial charge in [0.05, 0.1) is 0 Å². The molecule has 1 saturated heterocycles. The SMILES string of the molecule is CCNCC1CCN(S(=O)(=O)N2CCc3ccccc3C2)CC1. The summed E-state index contributed by atoms with van der Waals surface area (Å²) in [5.41, 5.74) is 2.42. The summed E-state index contributed by atoms with van der Waals surface area (Å²) in [7, 11) is -3.33. The molecule has 1 aromatic rings. The first-order valence-electron chi connectivity index (χ1n) is 8.64. The summed E-state index contributed by atoms with van der Waals surface area (Å²) in [6.07, 6.45) is 2.72. The molecular weight excluding hydrogens is 310 g/mol. The molecule has 2 aliphatic heterocycles. The van der Waals surface area contributed by atoms with Gasteiger partial charge in [0.25, 0.3) is 10.2 Å². The van der Waals surface area contributed by atoms with Crippen LogP contribution in [0.3, 0.4) is 0 Å². The van der Waals surface area contributed by atoms with Gasteiger partial charge in [-0.15, -0.1) is 0 Å². The van der Waals surface area contributed by atoms with Crippen LogP contribution in [0.15, 0.2) is 24.3 Å². The van der Waals surface area contributed by atoms with Crippen LogP contribution >= 0.6 is 0 Å². The minimum absolute atomic E-state index is 0.510. The molecule has 1 aromatic carbocycles. The van der Waals surface area contributed by atoms with E-state index < -0.39 is 10.2 Å². The van der Waals surface area contributed by atoms with E-state index in [1.807, 2.05) is 18.2 Å². The number of piperidine rings is 1. The molecule has 6 heteroatoms. The van der Waals surface area contributed by atoms with Gasteiger partial charge < -0.3 is 5.32 Å². The highest BCUT2D eigenvalue weighted by Crippen LogP contribution is 2.25. The van der Waals surface area contributed by atoms with Gasteiger partial charge in [-0.2, -0.15) is 17.0 Å². The summed E-state index contributed by atoms with van der Waals surface area (Å²) in [6, 6.07) is 8.16. The van der Waals surface area contributed by atoms with E-state index in [-0.39, 0.29) is 0 Å². The largest absolute Gasteiger partial charge is 0.317 e.